The van der Waals surface area contributed by atoms with E-state index in [9.17, 15) is 4.39 Å². The zero-order chi connectivity index (χ0) is 22.0. The second kappa shape index (κ2) is 9.04. The molecule has 0 saturated carbocycles. The van der Waals surface area contributed by atoms with Crippen LogP contribution in [-0.4, -0.2) is 45.2 Å². The molecule has 0 N–H and O–H groups in total. The summed E-state index contributed by atoms with van der Waals surface area (Å²) in [5.74, 6) is 3.02. The van der Waals surface area contributed by atoms with Gasteiger partial charge >= 0.3 is 0 Å². The van der Waals surface area contributed by atoms with Gasteiger partial charge in [-0.05, 0) is 57.9 Å². The molecule has 2 unspecified atom stereocenters. The van der Waals surface area contributed by atoms with E-state index in [1.807, 2.05) is 18.5 Å². The van der Waals surface area contributed by atoms with Crippen LogP contribution in [0.5, 0.6) is 0 Å². The van der Waals surface area contributed by atoms with Gasteiger partial charge in [0.2, 0.25) is 5.95 Å². The number of imidazole rings is 1. The highest BCUT2D eigenvalue weighted by Gasteiger charge is 2.30. The van der Waals surface area contributed by atoms with Crippen molar-refractivity contribution in [2.75, 3.05) is 29.4 Å². The quantitative estimate of drug-likeness (QED) is 0.579. The number of hydrogen-bond acceptors (Lipinski definition) is 5. The summed E-state index contributed by atoms with van der Waals surface area (Å²) in [4.78, 5) is 18.9. The van der Waals surface area contributed by atoms with Gasteiger partial charge in [-0.3, -0.25) is 0 Å². The summed E-state index contributed by atoms with van der Waals surface area (Å²) in [5, 5.41) is 0. The molecular weight excluding hydrogens is 391 g/mol. The number of aromatic nitrogens is 4. The molecule has 4 rings (SSSR count). The molecule has 31 heavy (non-hydrogen) atoms. The van der Waals surface area contributed by atoms with Gasteiger partial charge < -0.3 is 14.4 Å². The third-order valence-corrected chi connectivity index (χ3v) is 6.28. The largest absolute Gasteiger partial charge is 0.354 e. The molecule has 7 heteroatoms. The molecule has 1 aliphatic rings. The van der Waals surface area contributed by atoms with Gasteiger partial charge in [0.1, 0.15) is 17.5 Å². The van der Waals surface area contributed by atoms with E-state index in [2.05, 4.69) is 47.2 Å². The summed E-state index contributed by atoms with van der Waals surface area (Å²) in [6.45, 7) is 9.05. The average Bonchev–Trinajstić information content (AvgIpc) is 3.20. The van der Waals surface area contributed by atoms with Crippen LogP contribution in [0.25, 0.3) is 11.3 Å². The van der Waals surface area contributed by atoms with Gasteiger partial charge in [-0.15, -0.1) is 0 Å². The van der Waals surface area contributed by atoms with E-state index in [4.69, 9.17) is 9.97 Å². The summed E-state index contributed by atoms with van der Waals surface area (Å²) in [6.07, 6.45) is 5.96. The molecule has 164 valence electrons. The Labute approximate surface area is 183 Å². The molecule has 1 saturated heterocycles. The first-order chi connectivity index (χ1) is 15.0. The van der Waals surface area contributed by atoms with E-state index in [1.165, 1.54) is 12.1 Å². The van der Waals surface area contributed by atoms with Crippen molar-refractivity contribution < 1.29 is 4.39 Å². The molecular formula is C24H31FN6. The SMILES string of the molecule is CCN(CC)c1nc(-c2ccc(F)cc2)cc(N2CCC(c3nccn3C)CC2C)n1. The van der Waals surface area contributed by atoms with Crippen LogP contribution >= 0.6 is 0 Å². The minimum absolute atomic E-state index is 0.244. The Morgan fingerprint density at radius 2 is 1.87 bits per heavy atom. The van der Waals surface area contributed by atoms with Crippen molar-refractivity contribution in [1.82, 2.24) is 19.5 Å². The zero-order valence-corrected chi connectivity index (χ0v) is 18.8. The van der Waals surface area contributed by atoms with E-state index >= 15 is 0 Å². The van der Waals surface area contributed by atoms with Crippen LogP contribution in [0.2, 0.25) is 0 Å². The smallest absolute Gasteiger partial charge is 0.227 e. The third kappa shape index (κ3) is 4.40. The summed E-state index contributed by atoms with van der Waals surface area (Å²) in [7, 11) is 2.06. The summed E-state index contributed by atoms with van der Waals surface area (Å²) in [5.41, 5.74) is 1.72. The Hall–Kier alpha value is -2.96. The Morgan fingerprint density at radius 1 is 1.13 bits per heavy atom. The highest BCUT2D eigenvalue weighted by Crippen LogP contribution is 2.34. The molecule has 0 amide bonds. The minimum atomic E-state index is -0.244. The normalized spacial score (nSPS) is 18.9. The van der Waals surface area contributed by atoms with Crippen LogP contribution < -0.4 is 9.80 Å². The van der Waals surface area contributed by atoms with Crippen molar-refractivity contribution in [3.05, 3.63) is 54.4 Å². The average molecular weight is 423 g/mol. The van der Waals surface area contributed by atoms with Crippen molar-refractivity contribution in [3.63, 3.8) is 0 Å². The molecule has 0 bridgehead atoms. The van der Waals surface area contributed by atoms with Gasteiger partial charge in [-0.25, -0.2) is 14.4 Å². The number of halogens is 1. The lowest BCUT2D eigenvalue weighted by Gasteiger charge is -2.38. The molecule has 3 aromatic rings. The molecule has 0 radical (unpaired) electrons. The standard InChI is InChI=1S/C24H31FN6/c1-5-30(6-2)24-27-21(18-7-9-20(25)10-8-18)16-22(28-24)31-13-11-19(15-17(31)3)23-26-12-14-29(23)4/h7-10,12,14,16-17,19H,5-6,11,13,15H2,1-4H3. The fourth-order valence-corrected chi connectivity index (χ4v) is 4.50. The lowest BCUT2D eigenvalue weighted by molar-refractivity contribution is 0.409. The lowest BCUT2D eigenvalue weighted by atomic mass is 9.90. The van der Waals surface area contributed by atoms with Crippen molar-refractivity contribution in [1.29, 1.82) is 0 Å². The van der Waals surface area contributed by atoms with Crippen LogP contribution in [0.15, 0.2) is 42.7 Å². The molecule has 2 atom stereocenters. The first-order valence-corrected chi connectivity index (χ1v) is 11.1. The summed E-state index contributed by atoms with van der Waals surface area (Å²) >= 11 is 0. The minimum Gasteiger partial charge on any atom is -0.354 e. The Bertz CT molecular complexity index is 1010. The third-order valence-electron chi connectivity index (χ3n) is 6.28. The van der Waals surface area contributed by atoms with E-state index in [0.717, 1.165) is 61.3 Å². The second-order valence-electron chi connectivity index (χ2n) is 8.25. The summed E-state index contributed by atoms with van der Waals surface area (Å²) in [6, 6.07) is 8.90. The topological polar surface area (TPSA) is 50.1 Å². The first kappa shape index (κ1) is 21.3. The number of hydrogen-bond donors (Lipinski definition) is 0. The number of anilines is 2. The van der Waals surface area contributed by atoms with Crippen LogP contribution in [0, 0.1) is 5.82 Å². The molecule has 1 aromatic carbocycles. The van der Waals surface area contributed by atoms with E-state index in [-0.39, 0.29) is 5.82 Å². The maximum atomic E-state index is 13.5. The molecule has 2 aromatic heterocycles. The van der Waals surface area contributed by atoms with Gasteiger partial charge in [0.05, 0.1) is 5.69 Å². The van der Waals surface area contributed by atoms with Gasteiger partial charge in [-0.2, -0.15) is 4.98 Å². The van der Waals surface area contributed by atoms with Crippen molar-refractivity contribution in [3.8, 4) is 11.3 Å². The van der Waals surface area contributed by atoms with E-state index in [0.29, 0.717) is 12.0 Å². The number of nitrogens with zero attached hydrogens (tertiary/aromatic N) is 6. The number of benzene rings is 1. The Kier molecular flexibility index (Phi) is 6.20. The van der Waals surface area contributed by atoms with Crippen molar-refractivity contribution >= 4 is 11.8 Å². The van der Waals surface area contributed by atoms with Gasteiger partial charge in [0.25, 0.3) is 0 Å². The van der Waals surface area contributed by atoms with E-state index < -0.39 is 0 Å². The Morgan fingerprint density at radius 3 is 2.48 bits per heavy atom. The zero-order valence-electron chi connectivity index (χ0n) is 18.8. The predicted octanol–water partition coefficient (Wildman–Crippen LogP) is 4.63. The van der Waals surface area contributed by atoms with Crippen LogP contribution in [-0.2, 0) is 7.05 Å². The molecule has 6 nitrogen and oxygen atoms in total. The fraction of sp³-hybridized carbons (Fsp3) is 0.458. The van der Waals surface area contributed by atoms with Crippen LogP contribution in [0.4, 0.5) is 16.2 Å². The predicted molar refractivity (Wildman–Crippen MR) is 123 cm³/mol. The molecule has 1 fully saturated rings. The number of aryl methyl sites for hydroxylation is 1. The van der Waals surface area contributed by atoms with Crippen molar-refractivity contribution in [2.24, 2.45) is 7.05 Å². The second-order valence-corrected chi connectivity index (χ2v) is 8.25. The van der Waals surface area contributed by atoms with Gasteiger partial charge in [0, 0.05) is 62.7 Å². The highest BCUT2D eigenvalue weighted by atomic mass is 19.1. The molecule has 3 heterocycles. The maximum Gasteiger partial charge on any atom is 0.227 e. The number of rotatable bonds is 6. The Balaban J connectivity index is 1.66. The first-order valence-electron chi connectivity index (χ1n) is 11.1. The maximum absolute atomic E-state index is 13.5. The molecule has 0 spiro atoms. The fourth-order valence-electron chi connectivity index (χ4n) is 4.50. The summed E-state index contributed by atoms with van der Waals surface area (Å²) < 4.78 is 15.6. The van der Waals surface area contributed by atoms with Gasteiger partial charge in [0.15, 0.2) is 0 Å². The lowest BCUT2D eigenvalue weighted by Crippen LogP contribution is -2.41. The van der Waals surface area contributed by atoms with Gasteiger partial charge in [-0.1, -0.05) is 0 Å². The van der Waals surface area contributed by atoms with Crippen molar-refractivity contribution in [2.45, 2.75) is 45.6 Å². The van der Waals surface area contributed by atoms with Crippen LogP contribution in [0.3, 0.4) is 0 Å². The molecule has 1 aliphatic heterocycles. The highest BCUT2D eigenvalue weighted by molar-refractivity contribution is 5.65. The molecule has 0 aliphatic carbocycles. The van der Waals surface area contributed by atoms with E-state index in [1.54, 1.807) is 12.1 Å². The number of piperidine rings is 1. The van der Waals surface area contributed by atoms with Crippen LogP contribution in [0.1, 0.15) is 45.4 Å². The monoisotopic (exact) mass is 422 g/mol.